The van der Waals surface area contributed by atoms with E-state index in [1.807, 2.05) is 6.07 Å². The Bertz CT molecular complexity index is 361. The van der Waals surface area contributed by atoms with Crippen LogP contribution in [0, 0.1) is 5.92 Å². The number of nitrogens with zero attached hydrogens (tertiary/aromatic N) is 1. The molecule has 1 N–H and O–H groups in total. The van der Waals surface area contributed by atoms with Crippen molar-refractivity contribution in [2.75, 3.05) is 26.7 Å². The van der Waals surface area contributed by atoms with E-state index in [2.05, 4.69) is 23.3 Å². The Morgan fingerprint density at radius 2 is 2.11 bits per heavy atom. The zero-order chi connectivity index (χ0) is 13.5. The Hall–Kier alpha value is -0.0900. The van der Waals surface area contributed by atoms with Gasteiger partial charge < -0.3 is 10.2 Å². The molecule has 0 atom stereocenters. The van der Waals surface area contributed by atoms with E-state index < -0.39 is 0 Å². The lowest BCUT2D eigenvalue weighted by Gasteiger charge is -2.27. The molecule has 2 rings (SSSR count). The molecule has 0 spiro atoms. The third-order valence-electron chi connectivity index (χ3n) is 3.89. The first kappa shape index (κ1) is 15.3. The molecule has 108 valence electrons. The minimum absolute atomic E-state index is 0.881. The van der Waals surface area contributed by atoms with Crippen molar-refractivity contribution in [1.29, 1.82) is 0 Å². The van der Waals surface area contributed by atoms with Gasteiger partial charge >= 0.3 is 0 Å². The van der Waals surface area contributed by atoms with Crippen molar-refractivity contribution >= 4 is 22.9 Å². The van der Waals surface area contributed by atoms with E-state index in [1.165, 1.54) is 43.5 Å². The number of hydrogen-bond donors (Lipinski definition) is 1. The van der Waals surface area contributed by atoms with Crippen molar-refractivity contribution in [1.82, 2.24) is 10.2 Å². The van der Waals surface area contributed by atoms with Gasteiger partial charge in [-0.15, -0.1) is 11.3 Å². The van der Waals surface area contributed by atoms with Gasteiger partial charge in [0, 0.05) is 31.1 Å². The molecule has 1 aromatic rings. The summed E-state index contributed by atoms with van der Waals surface area (Å²) in [7, 11) is 2.25. The van der Waals surface area contributed by atoms with Crippen LogP contribution in [-0.2, 0) is 6.54 Å². The molecule has 1 saturated carbocycles. The van der Waals surface area contributed by atoms with Crippen molar-refractivity contribution in [3.63, 3.8) is 0 Å². The maximum Gasteiger partial charge on any atom is 0.0931 e. The summed E-state index contributed by atoms with van der Waals surface area (Å²) in [5.41, 5.74) is 0. The van der Waals surface area contributed by atoms with E-state index in [0.29, 0.717) is 0 Å². The predicted octanol–water partition coefficient (Wildman–Crippen LogP) is 4.00. The molecule has 0 saturated heterocycles. The van der Waals surface area contributed by atoms with Crippen LogP contribution in [0.25, 0.3) is 0 Å². The second-order valence-corrected chi connectivity index (χ2v) is 7.45. The SMILES string of the molecule is CN(CCNCc1ccc(Cl)s1)CC1CCCCC1. The van der Waals surface area contributed by atoms with E-state index in [1.54, 1.807) is 11.3 Å². The zero-order valence-electron chi connectivity index (χ0n) is 11.8. The van der Waals surface area contributed by atoms with Crippen LogP contribution in [-0.4, -0.2) is 31.6 Å². The highest BCUT2D eigenvalue weighted by Gasteiger charge is 2.14. The zero-order valence-corrected chi connectivity index (χ0v) is 13.4. The molecule has 1 aliphatic rings. The molecule has 19 heavy (non-hydrogen) atoms. The predicted molar refractivity (Wildman–Crippen MR) is 85.1 cm³/mol. The summed E-state index contributed by atoms with van der Waals surface area (Å²) in [5, 5.41) is 3.49. The number of nitrogens with one attached hydrogen (secondary N) is 1. The van der Waals surface area contributed by atoms with Crippen LogP contribution >= 0.6 is 22.9 Å². The Morgan fingerprint density at radius 1 is 1.32 bits per heavy atom. The lowest BCUT2D eigenvalue weighted by Crippen LogP contribution is -2.33. The maximum atomic E-state index is 5.91. The second kappa shape index (κ2) is 8.25. The summed E-state index contributed by atoms with van der Waals surface area (Å²) in [6, 6.07) is 4.07. The summed E-state index contributed by atoms with van der Waals surface area (Å²) in [4.78, 5) is 3.80. The van der Waals surface area contributed by atoms with Crippen LogP contribution in [0.4, 0.5) is 0 Å². The molecule has 1 aromatic heterocycles. The van der Waals surface area contributed by atoms with Crippen molar-refractivity contribution in [3.05, 3.63) is 21.3 Å². The highest BCUT2D eigenvalue weighted by molar-refractivity contribution is 7.16. The molecule has 0 amide bonds. The maximum absolute atomic E-state index is 5.91. The lowest BCUT2D eigenvalue weighted by molar-refractivity contribution is 0.233. The Labute approximate surface area is 126 Å². The first-order valence-electron chi connectivity index (χ1n) is 7.37. The van der Waals surface area contributed by atoms with E-state index in [4.69, 9.17) is 11.6 Å². The minimum Gasteiger partial charge on any atom is -0.311 e. The van der Waals surface area contributed by atoms with Gasteiger partial charge in [0.1, 0.15) is 0 Å². The Morgan fingerprint density at radius 3 is 2.79 bits per heavy atom. The third-order valence-corrected chi connectivity index (χ3v) is 5.12. The molecule has 0 unspecified atom stereocenters. The number of hydrogen-bond acceptors (Lipinski definition) is 3. The summed E-state index contributed by atoms with van der Waals surface area (Å²) in [5.74, 6) is 0.940. The normalized spacial score (nSPS) is 17.2. The van der Waals surface area contributed by atoms with Crippen molar-refractivity contribution in [2.45, 2.75) is 38.6 Å². The largest absolute Gasteiger partial charge is 0.311 e. The average Bonchev–Trinajstić information content (AvgIpc) is 2.82. The number of halogens is 1. The van der Waals surface area contributed by atoms with E-state index in [-0.39, 0.29) is 0 Å². The fraction of sp³-hybridized carbons (Fsp3) is 0.733. The van der Waals surface area contributed by atoms with Crippen LogP contribution in [0.5, 0.6) is 0 Å². The molecule has 0 aromatic carbocycles. The molecule has 0 bridgehead atoms. The van der Waals surface area contributed by atoms with E-state index in [9.17, 15) is 0 Å². The molecule has 1 fully saturated rings. The number of thiophene rings is 1. The van der Waals surface area contributed by atoms with E-state index in [0.717, 1.165) is 29.9 Å². The fourth-order valence-electron chi connectivity index (χ4n) is 2.83. The molecule has 4 heteroatoms. The monoisotopic (exact) mass is 300 g/mol. The van der Waals surface area contributed by atoms with Crippen LogP contribution in [0.2, 0.25) is 4.34 Å². The van der Waals surface area contributed by atoms with Gasteiger partial charge in [0.15, 0.2) is 0 Å². The topological polar surface area (TPSA) is 15.3 Å². The van der Waals surface area contributed by atoms with Gasteiger partial charge in [0.25, 0.3) is 0 Å². The molecular weight excluding hydrogens is 276 g/mol. The Balaban J connectivity index is 1.54. The smallest absolute Gasteiger partial charge is 0.0931 e. The minimum atomic E-state index is 0.881. The van der Waals surface area contributed by atoms with Gasteiger partial charge in [-0.3, -0.25) is 0 Å². The van der Waals surface area contributed by atoms with Crippen molar-refractivity contribution in [3.8, 4) is 0 Å². The van der Waals surface area contributed by atoms with Gasteiger partial charge in [-0.1, -0.05) is 30.9 Å². The fourth-order valence-corrected chi connectivity index (χ4v) is 3.89. The summed E-state index contributed by atoms with van der Waals surface area (Å²) in [6.45, 7) is 4.40. The van der Waals surface area contributed by atoms with Gasteiger partial charge in [-0.2, -0.15) is 0 Å². The standard InChI is InChI=1S/C15H25ClN2S/c1-18(12-13-5-3-2-4-6-13)10-9-17-11-14-7-8-15(16)19-14/h7-8,13,17H,2-6,9-12H2,1H3. The molecule has 1 heterocycles. The highest BCUT2D eigenvalue weighted by Crippen LogP contribution is 2.24. The van der Waals surface area contributed by atoms with Crippen LogP contribution in [0.3, 0.4) is 0 Å². The van der Waals surface area contributed by atoms with Crippen LogP contribution in [0.15, 0.2) is 12.1 Å². The second-order valence-electron chi connectivity index (χ2n) is 5.65. The quantitative estimate of drug-likeness (QED) is 0.766. The summed E-state index contributed by atoms with van der Waals surface area (Å²) in [6.07, 6.45) is 7.20. The lowest BCUT2D eigenvalue weighted by atomic mass is 9.89. The number of rotatable bonds is 7. The average molecular weight is 301 g/mol. The number of likely N-dealkylation sites (N-methyl/N-ethyl adjacent to an activating group) is 1. The highest BCUT2D eigenvalue weighted by atomic mass is 35.5. The first-order chi connectivity index (χ1) is 9.24. The van der Waals surface area contributed by atoms with Gasteiger partial charge in [-0.05, 0) is 37.9 Å². The van der Waals surface area contributed by atoms with Crippen molar-refractivity contribution in [2.24, 2.45) is 5.92 Å². The summed E-state index contributed by atoms with van der Waals surface area (Å²) < 4.78 is 0.881. The van der Waals surface area contributed by atoms with Gasteiger partial charge in [0.05, 0.1) is 4.34 Å². The summed E-state index contributed by atoms with van der Waals surface area (Å²) >= 11 is 7.58. The van der Waals surface area contributed by atoms with Gasteiger partial charge in [0.2, 0.25) is 0 Å². The molecule has 1 aliphatic carbocycles. The third kappa shape index (κ3) is 5.82. The van der Waals surface area contributed by atoms with Crippen LogP contribution < -0.4 is 5.32 Å². The first-order valence-corrected chi connectivity index (χ1v) is 8.57. The molecule has 0 aliphatic heterocycles. The van der Waals surface area contributed by atoms with Crippen molar-refractivity contribution < 1.29 is 0 Å². The van der Waals surface area contributed by atoms with E-state index >= 15 is 0 Å². The van der Waals surface area contributed by atoms with Gasteiger partial charge in [-0.25, -0.2) is 0 Å². The Kier molecular flexibility index (Phi) is 6.65. The molecular formula is C15H25ClN2S. The molecule has 2 nitrogen and oxygen atoms in total. The van der Waals surface area contributed by atoms with Crippen LogP contribution in [0.1, 0.15) is 37.0 Å². The molecule has 0 radical (unpaired) electrons.